The van der Waals surface area contributed by atoms with E-state index in [1.807, 2.05) is 0 Å². The Morgan fingerprint density at radius 1 is 0.860 bits per heavy atom. The molecule has 3 aliphatic heterocycles. The first-order valence-corrected chi connectivity index (χ1v) is 15.3. The third-order valence-electron chi connectivity index (χ3n) is 6.94. The molecule has 3 fully saturated rings. The molecule has 0 spiro atoms. The lowest BCUT2D eigenvalue weighted by Gasteiger charge is -2.26. The second kappa shape index (κ2) is 10.8. The van der Waals surface area contributed by atoms with Gasteiger partial charge in [0, 0.05) is 0 Å². The summed E-state index contributed by atoms with van der Waals surface area (Å²) in [6, 6.07) is 0. The number of nitrogen functional groups attached to an aromatic ring is 2. The number of phosphoric acid groups is 2. The zero-order chi connectivity index (χ0) is 30.8. The number of amides is 1. The lowest BCUT2D eigenvalue weighted by Crippen LogP contribution is -2.36. The summed E-state index contributed by atoms with van der Waals surface area (Å²) in [5, 5.41) is 22.0. The molecule has 3 aromatic heterocycles. The molecule has 6 rings (SSSR count). The van der Waals surface area contributed by atoms with E-state index < -0.39 is 83.8 Å². The van der Waals surface area contributed by atoms with Gasteiger partial charge in [-0.3, -0.25) is 32.0 Å². The smallest absolute Gasteiger partial charge is 0.387 e. The fraction of sp³-hybridized carbons (Fsp3) is 0.526. The molecule has 1 amide bonds. The van der Waals surface area contributed by atoms with Gasteiger partial charge in [-0.25, -0.2) is 29.1 Å². The Kier molecular flexibility index (Phi) is 7.52. The van der Waals surface area contributed by atoms with Crippen LogP contribution >= 0.6 is 15.6 Å². The number of imidazole rings is 2. The zero-order valence-electron chi connectivity index (χ0n) is 21.5. The second-order valence-corrected chi connectivity index (χ2v) is 12.4. The van der Waals surface area contributed by atoms with Crippen LogP contribution in [-0.2, 0) is 36.7 Å². The van der Waals surface area contributed by atoms with E-state index in [1.54, 1.807) is 0 Å². The molecule has 3 saturated heterocycles. The van der Waals surface area contributed by atoms with Crippen molar-refractivity contribution in [3.05, 3.63) is 24.7 Å². The van der Waals surface area contributed by atoms with Gasteiger partial charge in [-0.15, -0.1) is 0 Å². The number of aromatic nitrogens is 6. The number of carbonyl (C=O) groups excluding carboxylic acids is 1. The Labute approximate surface area is 239 Å². The quantitative estimate of drug-likeness (QED) is 0.144. The molecule has 10 N–H and O–H groups in total. The van der Waals surface area contributed by atoms with E-state index in [0.717, 1.165) is 17.2 Å². The van der Waals surface area contributed by atoms with Crippen LogP contribution in [0.15, 0.2) is 19.0 Å². The first-order valence-electron chi connectivity index (χ1n) is 12.3. The normalized spacial score (nSPS) is 38.7. The molecule has 234 valence electrons. The van der Waals surface area contributed by atoms with Crippen LogP contribution in [0.3, 0.4) is 0 Å². The van der Waals surface area contributed by atoms with Gasteiger partial charge >= 0.3 is 15.6 Å². The number of fused-ring (bicyclic) bond motifs is 4. The standard InChI is InChI=1S/C19H25N9O13P2/c20-14-8-17(24-3-23-14)28(5-25-8)18-11(30)12-7(39-18)2-37-43(34,35)41-13-10(29)6(1-36-42(32,33)40-12)38-19(13)27-4-26-9(15(27)21)16(22)31/h3-7,10-13,18-19,29-30H,1-2,21H2,(H2,22,31)(H,32,33)(H,34,35)(H2,20,23,24)/t6-,7-,10-,11-,12-,13-,18-,19-/m1/s1. The topological polar surface area (TPSA) is 327 Å². The second-order valence-electron chi connectivity index (χ2n) is 9.61. The van der Waals surface area contributed by atoms with Crippen LogP contribution < -0.4 is 17.2 Å². The van der Waals surface area contributed by atoms with Crippen molar-refractivity contribution in [2.45, 2.75) is 49.1 Å². The molecule has 0 radical (unpaired) electrons. The zero-order valence-corrected chi connectivity index (χ0v) is 23.3. The Morgan fingerprint density at radius 3 is 2.16 bits per heavy atom. The van der Waals surface area contributed by atoms with Gasteiger partial charge in [0.25, 0.3) is 5.91 Å². The highest BCUT2D eigenvalue weighted by Gasteiger charge is 2.54. The molecule has 24 heteroatoms. The summed E-state index contributed by atoms with van der Waals surface area (Å²) in [4.78, 5) is 48.5. The number of rotatable bonds is 3. The van der Waals surface area contributed by atoms with Crippen LogP contribution in [0.25, 0.3) is 11.2 Å². The fourth-order valence-electron chi connectivity index (χ4n) is 4.93. The van der Waals surface area contributed by atoms with Crippen molar-refractivity contribution in [2.75, 3.05) is 24.7 Å². The van der Waals surface area contributed by atoms with E-state index in [-0.39, 0.29) is 28.5 Å². The predicted octanol–water partition coefficient (Wildman–Crippen LogP) is -2.48. The van der Waals surface area contributed by atoms with Gasteiger partial charge < -0.3 is 46.7 Å². The Hall–Kier alpha value is -3.11. The molecular weight excluding hydrogens is 624 g/mol. The Bertz CT molecular complexity index is 1650. The first kappa shape index (κ1) is 29.9. The minimum atomic E-state index is -5.10. The maximum absolute atomic E-state index is 13.1. The summed E-state index contributed by atoms with van der Waals surface area (Å²) in [6.07, 6.45) is -9.32. The van der Waals surface area contributed by atoms with Crippen molar-refractivity contribution in [2.24, 2.45) is 5.73 Å². The fourth-order valence-corrected chi connectivity index (χ4v) is 6.83. The number of primary amides is 1. The highest BCUT2D eigenvalue weighted by atomic mass is 31.2. The van der Waals surface area contributed by atoms with E-state index >= 15 is 0 Å². The van der Waals surface area contributed by atoms with Crippen molar-refractivity contribution in [1.29, 1.82) is 0 Å². The summed E-state index contributed by atoms with van der Waals surface area (Å²) >= 11 is 0. The summed E-state index contributed by atoms with van der Waals surface area (Å²) in [6.45, 7) is -1.66. The third kappa shape index (κ3) is 5.41. The lowest BCUT2D eigenvalue weighted by molar-refractivity contribution is -0.0676. The molecule has 2 unspecified atom stereocenters. The van der Waals surface area contributed by atoms with Crippen molar-refractivity contribution in [3.8, 4) is 0 Å². The number of nitrogens with zero attached hydrogens (tertiary/aromatic N) is 6. The summed E-state index contributed by atoms with van der Waals surface area (Å²) < 4.78 is 60.4. The molecule has 2 bridgehead atoms. The van der Waals surface area contributed by atoms with Gasteiger partial charge in [-0.2, -0.15) is 0 Å². The largest absolute Gasteiger partial charge is 0.472 e. The number of phosphoric ester groups is 2. The number of aliphatic hydroxyl groups is 2. The van der Waals surface area contributed by atoms with Crippen LogP contribution in [0.1, 0.15) is 22.9 Å². The van der Waals surface area contributed by atoms with Crippen LogP contribution in [0.4, 0.5) is 11.6 Å². The van der Waals surface area contributed by atoms with E-state index in [9.17, 15) is 33.9 Å². The highest BCUT2D eigenvalue weighted by Crippen LogP contribution is 2.53. The van der Waals surface area contributed by atoms with Gasteiger partial charge in [0.05, 0.1) is 25.9 Å². The van der Waals surface area contributed by atoms with E-state index in [2.05, 4.69) is 19.9 Å². The summed E-state index contributed by atoms with van der Waals surface area (Å²) in [5.74, 6) is -1.28. The average molecular weight is 649 g/mol. The molecular formula is C19H25N9O13P2. The Balaban J connectivity index is 1.30. The van der Waals surface area contributed by atoms with E-state index in [1.165, 1.54) is 10.9 Å². The number of anilines is 2. The summed E-state index contributed by atoms with van der Waals surface area (Å²) in [7, 11) is -10.2. The van der Waals surface area contributed by atoms with Crippen LogP contribution in [0.2, 0.25) is 0 Å². The van der Waals surface area contributed by atoms with Gasteiger partial charge in [0.15, 0.2) is 29.6 Å². The number of aliphatic hydroxyl groups excluding tert-OH is 2. The number of nitrogens with two attached hydrogens (primary N) is 3. The molecule has 43 heavy (non-hydrogen) atoms. The highest BCUT2D eigenvalue weighted by molar-refractivity contribution is 7.47. The van der Waals surface area contributed by atoms with Gasteiger partial charge in [0.1, 0.15) is 54.3 Å². The molecule has 0 saturated carbocycles. The van der Waals surface area contributed by atoms with E-state index in [0.29, 0.717) is 0 Å². The van der Waals surface area contributed by atoms with Crippen LogP contribution in [0.5, 0.6) is 0 Å². The number of hydrogen-bond acceptors (Lipinski definition) is 17. The minimum Gasteiger partial charge on any atom is -0.387 e. The first-order chi connectivity index (χ1) is 20.3. The average Bonchev–Trinajstić information content (AvgIpc) is 3.68. The van der Waals surface area contributed by atoms with Crippen LogP contribution in [-0.4, -0.2) is 105 Å². The maximum atomic E-state index is 13.1. The lowest BCUT2D eigenvalue weighted by atomic mass is 10.1. The maximum Gasteiger partial charge on any atom is 0.472 e. The molecule has 6 heterocycles. The van der Waals surface area contributed by atoms with Crippen molar-refractivity contribution in [1.82, 2.24) is 29.1 Å². The molecule has 3 aliphatic rings. The molecule has 10 atom stereocenters. The molecule has 0 aliphatic carbocycles. The third-order valence-corrected chi connectivity index (χ3v) is 8.91. The molecule has 3 aromatic rings. The summed E-state index contributed by atoms with van der Waals surface area (Å²) in [5.41, 5.74) is 16.9. The minimum absolute atomic E-state index is 0.0330. The van der Waals surface area contributed by atoms with Gasteiger partial charge in [0.2, 0.25) is 0 Å². The monoisotopic (exact) mass is 649 g/mol. The van der Waals surface area contributed by atoms with E-state index in [4.69, 9.17) is 44.8 Å². The predicted molar refractivity (Wildman–Crippen MR) is 136 cm³/mol. The van der Waals surface area contributed by atoms with Crippen molar-refractivity contribution >= 4 is 44.4 Å². The van der Waals surface area contributed by atoms with Crippen LogP contribution in [0, 0.1) is 0 Å². The molecule has 22 nitrogen and oxygen atoms in total. The Morgan fingerprint density at radius 2 is 1.49 bits per heavy atom. The van der Waals surface area contributed by atoms with Gasteiger partial charge in [-0.1, -0.05) is 0 Å². The number of hydrogen-bond donors (Lipinski definition) is 7. The van der Waals surface area contributed by atoms with Crippen molar-refractivity contribution in [3.63, 3.8) is 0 Å². The van der Waals surface area contributed by atoms with Gasteiger partial charge in [-0.05, 0) is 0 Å². The number of carbonyl (C=O) groups is 1. The van der Waals surface area contributed by atoms with Crippen molar-refractivity contribution < 1.29 is 61.5 Å². The SMILES string of the molecule is NC(=O)c1ncn([C@@H]2O[C@@H]3COP(=O)(O)O[C@H]4[C@@H](O)[C@H](n5cnc6c(N)ncnc65)O[C@@H]4COP(=O)(O)O[C@@H]2[C@@H]3O)c1N. The number of ether oxygens (including phenoxy) is 2. The molecule has 0 aromatic carbocycles.